The van der Waals surface area contributed by atoms with Gasteiger partial charge in [0, 0.05) is 43.8 Å². The first-order valence-corrected chi connectivity index (χ1v) is 8.05. The van der Waals surface area contributed by atoms with Crippen molar-refractivity contribution in [1.29, 1.82) is 0 Å². The molecule has 0 radical (unpaired) electrons. The van der Waals surface area contributed by atoms with Crippen LogP contribution in [0.3, 0.4) is 0 Å². The molecule has 1 aromatic carbocycles. The molecule has 0 saturated heterocycles. The van der Waals surface area contributed by atoms with E-state index in [0.717, 1.165) is 11.3 Å². The van der Waals surface area contributed by atoms with Gasteiger partial charge in [0.15, 0.2) is 6.61 Å². The van der Waals surface area contributed by atoms with Gasteiger partial charge >= 0.3 is 6.03 Å². The Kier molecular flexibility index (Phi) is 6.71. The number of alkyl halides is 2. The number of rotatable bonds is 7. The highest BCUT2D eigenvalue weighted by atomic mass is 19.3. The fraction of sp³-hybridized carbons (Fsp3) is 0.333. The third-order valence-corrected chi connectivity index (χ3v) is 3.67. The maximum atomic E-state index is 12.3. The number of anilines is 2. The molecule has 2 N–H and O–H groups in total. The largest absolute Gasteiger partial charge is 0.471 e. The molecule has 1 aromatic heterocycles. The number of pyridine rings is 1. The van der Waals surface area contributed by atoms with Crippen molar-refractivity contribution >= 4 is 17.4 Å². The van der Waals surface area contributed by atoms with Crippen LogP contribution >= 0.6 is 0 Å². The maximum absolute atomic E-state index is 12.3. The first kappa shape index (κ1) is 19.4. The quantitative estimate of drug-likeness (QED) is 0.790. The van der Waals surface area contributed by atoms with Gasteiger partial charge in [0.05, 0.1) is 0 Å². The maximum Gasteiger partial charge on any atom is 0.319 e. The zero-order chi connectivity index (χ0) is 19.1. The summed E-state index contributed by atoms with van der Waals surface area (Å²) in [4.78, 5) is 18.1. The zero-order valence-electron chi connectivity index (χ0n) is 14.9. The average Bonchev–Trinajstić information content (AvgIpc) is 2.60. The van der Waals surface area contributed by atoms with Crippen LogP contribution in [0, 0.1) is 6.92 Å². The highest BCUT2D eigenvalue weighted by Crippen LogP contribution is 2.25. The van der Waals surface area contributed by atoms with Crippen LogP contribution in [0.15, 0.2) is 36.5 Å². The summed E-state index contributed by atoms with van der Waals surface area (Å²) in [5, 5.41) is 5.47. The highest BCUT2D eigenvalue weighted by Gasteiger charge is 2.11. The van der Waals surface area contributed by atoms with Crippen LogP contribution in [-0.4, -0.2) is 38.1 Å². The van der Waals surface area contributed by atoms with Gasteiger partial charge in [0.1, 0.15) is 0 Å². The van der Waals surface area contributed by atoms with Crippen LogP contribution in [0.5, 0.6) is 5.88 Å². The second-order valence-electron chi connectivity index (χ2n) is 5.82. The van der Waals surface area contributed by atoms with Crippen LogP contribution in [0.1, 0.15) is 11.1 Å². The Hall–Kier alpha value is -2.90. The Bertz CT molecular complexity index is 754. The lowest BCUT2D eigenvalue weighted by molar-refractivity contribution is 0.0790. The monoisotopic (exact) mass is 364 g/mol. The second kappa shape index (κ2) is 8.98. The van der Waals surface area contributed by atoms with Crippen molar-refractivity contribution in [1.82, 2.24) is 10.3 Å². The molecule has 0 aliphatic carbocycles. The number of urea groups is 1. The Morgan fingerprint density at radius 3 is 2.73 bits per heavy atom. The van der Waals surface area contributed by atoms with Gasteiger partial charge < -0.3 is 20.3 Å². The van der Waals surface area contributed by atoms with Gasteiger partial charge in [-0.3, -0.25) is 0 Å². The van der Waals surface area contributed by atoms with E-state index in [1.165, 1.54) is 6.20 Å². The van der Waals surface area contributed by atoms with Crippen molar-refractivity contribution in [3.8, 4) is 5.88 Å². The molecule has 2 aromatic rings. The minimum Gasteiger partial charge on any atom is -0.471 e. The molecule has 0 atom stereocenters. The van der Waals surface area contributed by atoms with Crippen LogP contribution in [0.2, 0.25) is 0 Å². The second-order valence-corrected chi connectivity index (χ2v) is 5.82. The molecule has 0 saturated carbocycles. The van der Waals surface area contributed by atoms with Gasteiger partial charge in [0.2, 0.25) is 5.88 Å². The first-order valence-electron chi connectivity index (χ1n) is 8.05. The molecular weight excluding hydrogens is 342 g/mol. The molecule has 2 amide bonds. The van der Waals surface area contributed by atoms with E-state index in [-0.39, 0.29) is 12.4 Å². The molecule has 140 valence electrons. The van der Waals surface area contributed by atoms with E-state index >= 15 is 0 Å². The Morgan fingerprint density at radius 1 is 1.27 bits per heavy atom. The number of hydrogen-bond acceptors (Lipinski definition) is 4. The molecule has 0 aliphatic rings. The van der Waals surface area contributed by atoms with Crippen molar-refractivity contribution in [2.75, 3.05) is 30.9 Å². The Balaban J connectivity index is 1.99. The van der Waals surface area contributed by atoms with Crippen LogP contribution in [0.25, 0.3) is 0 Å². The smallest absolute Gasteiger partial charge is 0.319 e. The number of aromatic nitrogens is 1. The summed E-state index contributed by atoms with van der Waals surface area (Å²) in [6, 6.07) is 8.52. The topological polar surface area (TPSA) is 66.5 Å². The molecule has 0 unspecified atom stereocenters. The van der Waals surface area contributed by atoms with E-state index in [0.29, 0.717) is 11.3 Å². The average molecular weight is 364 g/mol. The number of ether oxygens (including phenoxy) is 1. The Labute approximate surface area is 151 Å². The SMILES string of the molecule is Cc1c(NC(=O)NCc2cccnc2OCC(F)F)cccc1N(C)C. The Morgan fingerprint density at radius 2 is 2.04 bits per heavy atom. The zero-order valence-corrected chi connectivity index (χ0v) is 14.9. The molecule has 6 nitrogen and oxygen atoms in total. The summed E-state index contributed by atoms with van der Waals surface area (Å²) in [6.45, 7) is 1.28. The van der Waals surface area contributed by atoms with E-state index in [4.69, 9.17) is 4.74 Å². The number of amides is 2. The number of carbonyl (C=O) groups excluding carboxylic acids is 1. The van der Waals surface area contributed by atoms with E-state index in [9.17, 15) is 13.6 Å². The summed E-state index contributed by atoms with van der Waals surface area (Å²) in [7, 11) is 3.85. The first-order chi connectivity index (χ1) is 12.4. The minimum atomic E-state index is -2.59. The summed E-state index contributed by atoms with van der Waals surface area (Å²) >= 11 is 0. The summed E-state index contributed by atoms with van der Waals surface area (Å²) in [5.74, 6) is 0.0823. The van der Waals surface area contributed by atoms with Gasteiger partial charge in [0.25, 0.3) is 6.43 Å². The predicted molar refractivity (Wildman–Crippen MR) is 97.1 cm³/mol. The molecule has 0 fully saturated rings. The fourth-order valence-electron chi connectivity index (χ4n) is 2.42. The number of nitrogens with one attached hydrogen (secondary N) is 2. The molecule has 8 heteroatoms. The highest BCUT2D eigenvalue weighted by molar-refractivity contribution is 5.91. The summed E-state index contributed by atoms with van der Waals surface area (Å²) < 4.78 is 29.6. The molecule has 0 spiro atoms. The van der Waals surface area contributed by atoms with E-state index in [1.807, 2.05) is 44.1 Å². The molecule has 26 heavy (non-hydrogen) atoms. The third kappa shape index (κ3) is 5.30. The molecule has 1 heterocycles. The van der Waals surface area contributed by atoms with Crippen molar-refractivity contribution in [2.45, 2.75) is 19.9 Å². The van der Waals surface area contributed by atoms with E-state index < -0.39 is 19.1 Å². The summed E-state index contributed by atoms with van der Waals surface area (Å²) in [5.41, 5.74) is 3.14. The fourth-order valence-corrected chi connectivity index (χ4v) is 2.42. The van der Waals surface area contributed by atoms with Crippen LogP contribution in [-0.2, 0) is 6.54 Å². The molecule has 2 rings (SSSR count). The number of halogens is 2. The van der Waals surface area contributed by atoms with Crippen molar-refractivity contribution < 1.29 is 18.3 Å². The normalized spacial score (nSPS) is 10.5. The van der Waals surface area contributed by atoms with Crippen LogP contribution < -0.4 is 20.3 Å². The number of carbonyl (C=O) groups is 1. The lowest BCUT2D eigenvalue weighted by atomic mass is 10.1. The van der Waals surface area contributed by atoms with Crippen LogP contribution in [0.4, 0.5) is 25.0 Å². The van der Waals surface area contributed by atoms with Crippen molar-refractivity contribution in [3.63, 3.8) is 0 Å². The number of hydrogen-bond donors (Lipinski definition) is 2. The van der Waals surface area contributed by atoms with Crippen molar-refractivity contribution in [2.24, 2.45) is 0 Å². The predicted octanol–water partition coefficient (Wildman–Crippen LogP) is 3.42. The van der Waals surface area contributed by atoms with E-state index in [1.54, 1.807) is 12.1 Å². The standard InChI is InChI=1S/C18H22F2N4O2/c1-12-14(7-4-8-15(12)24(2)3)23-18(25)22-10-13-6-5-9-21-17(13)26-11-16(19)20/h4-9,16H,10-11H2,1-3H3,(H2,22,23,25). The van der Waals surface area contributed by atoms with Gasteiger partial charge in [-0.1, -0.05) is 12.1 Å². The molecule has 0 aliphatic heterocycles. The number of nitrogens with zero attached hydrogens (tertiary/aromatic N) is 2. The molecular formula is C18H22F2N4O2. The van der Waals surface area contributed by atoms with Gasteiger partial charge in [-0.25, -0.2) is 18.6 Å². The van der Waals surface area contributed by atoms with Gasteiger partial charge in [-0.05, 0) is 30.7 Å². The van der Waals surface area contributed by atoms with Gasteiger partial charge in [-0.15, -0.1) is 0 Å². The van der Waals surface area contributed by atoms with E-state index in [2.05, 4.69) is 15.6 Å². The molecule has 0 bridgehead atoms. The lowest BCUT2D eigenvalue weighted by Gasteiger charge is -2.18. The lowest BCUT2D eigenvalue weighted by Crippen LogP contribution is -2.29. The van der Waals surface area contributed by atoms with Crippen molar-refractivity contribution in [3.05, 3.63) is 47.7 Å². The number of benzene rings is 1. The minimum absolute atomic E-state index is 0.0823. The third-order valence-electron chi connectivity index (χ3n) is 3.67. The summed E-state index contributed by atoms with van der Waals surface area (Å²) in [6.07, 6.45) is -1.14. The van der Waals surface area contributed by atoms with Gasteiger partial charge in [-0.2, -0.15) is 0 Å².